The number of hydrogen-bond acceptors (Lipinski definition) is 3. The second-order valence-corrected chi connectivity index (χ2v) is 4.23. The summed E-state index contributed by atoms with van der Waals surface area (Å²) in [5, 5.41) is 6.14. The largest absolute Gasteiger partial charge is 0.358 e. The van der Waals surface area contributed by atoms with Crippen LogP contribution in [0.4, 0.5) is 0 Å². The van der Waals surface area contributed by atoms with Crippen LogP contribution in [-0.4, -0.2) is 49.6 Å². The van der Waals surface area contributed by atoms with Crippen LogP contribution in [0, 0.1) is 0 Å². The van der Waals surface area contributed by atoms with Crippen molar-refractivity contribution in [3.05, 3.63) is 0 Å². The third-order valence-corrected chi connectivity index (χ3v) is 3.47. The van der Waals surface area contributed by atoms with Gasteiger partial charge in [0.25, 0.3) is 0 Å². The number of nitrogens with one attached hydrogen (secondary N) is 2. The van der Waals surface area contributed by atoms with Crippen molar-refractivity contribution >= 4 is 5.91 Å². The van der Waals surface area contributed by atoms with E-state index in [-0.39, 0.29) is 11.4 Å². The predicted molar refractivity (Wildman–Crippen MR) is 55.1 cm³/mol. The fraction of sp³-hybridized carbons (Fsp3) is 0.900. The van der Waals surface area contributed by atoms with Crippen molar-refractivity contribution in [2.24, 2.45) is 0 Å². The molecule has 1 unspecified atom stereocenters. The van der Waals surface area contributed by atoms with E-state index in [1.807, 2.05) is 0 Å². The van der Waals surface area contributed by atoms with Crippen molar-refractivity contribution < 1.29 is 4.79 Å². The van der Waals surface area contributed by atoms with E-state index >= 15 is 0 Å². The summed E-state index contributed by atoms with van der Waals surface area (Å²) in [5.74, 6) is 0.185. The number of carbonyl (C=O) groups excluding carboxylic acids is 1. The van der Waals surface area contributed by atoms with Gasteiger partial charge in [0.1, 0.15) is 5.54 Å². The number of likely N-dealkylation sites (tertiary alicyclic amines) is 1. The lowest BCUT2D eigenvalue weighted by Gasteiger charge is -2.49. The molecule has 4 heteroatoms. The maximum Gasteiger partial charge on any atom is 0.241 e. The summed E-state index contributed by atoms with van der Waals surface area (Å²) in [6.07, 6.45) is 3.34. The van der Waals surface area contributed by atoms with Crippen molar-refractivity contribution in [2.45, 2.75) is 24.8 Å². The maximum absolute atomic E-state index is 11.9. The van der Waals surface area contributed by atoms with E-state index in [0.717, 1.165) is 39.0 Å². The van der Waals surface area contributed by atoms with Crippen molar-refractivity contribution in [2.75, 3.05) is 33.2 Å². The van der Waals surface area contributed by atoms with Crippen LogP contribution in [0.1, 0.15) is 19.3 Å². The summed E-state index contributed by atoms with van der Waals surface area (Å²) < 4.78 is 0. The number of amides is 1. The summed E-state index contributed by atoms with van der Waals surface area (Å²) in [6.45, 7) is 4.02. The molecule has 2 N–H and O–H groups in total. The molecule has 0 radical (unpaired) electrons. The molecular weight excluding hydrogens is 178 g/mol. The minimum Gasteiger partial charge on any atom is -0.358 e. The van der Waals surface area contributed by atoms with Crippen molar-refractivity contribution in [1.82, 2.24) is 15.5 Å². The zero-order valence-corrected chi connectivity index (χ0v) is 8.81. The zero-order chi connectivity index (χ0) is 10.0. The van der Waals surface area contributed by atoms with E-state index in [0.29, 0.717) is 0 Å². The summed E-state index contributed by atoms with van der Waals surface area (Å²) in [6, 6.07) is 0. The Bertz CT molecular complexity index is 219. The van der Waals surface area contributed by atoms with Gasteiger partial charge in [0, 0.05) is 26.7 Å². The Morgan fingerprint density at radius 1 is 1.43 bits per heavy atom. The van der Waals surface area contributed by atoms with Crippen molar-refractivity contribution in [1.29, 1.82) is 0 Å². The SMILES string of the molecule is CNC(=O)C1(N2CCC2)CCCNC1. The molecule has 2 aliphatic rings. The monoisotopic (exact) mass is 197 g/mol. The number of carbonyl (C=O) groups is 1. The fourth-order valence-electron chi connectivity index (χ4n) is 2.47. The Hall–Kier alpha value is -0.610. The summed E-state index contributed by atoms with van der Waals surface area (Å²) >= 11 is 0. The van der Waals surface area contributed by atoms with E-state index in [9.17, 15) is 4.79 Å². The second-order valence-electron chi connectivity index (χ2n) is 4.23. The number of rotatable bonds is 2. The van der Waals surface area contributed by atoms with Crippen LogP contribution < -0.4 is 10.6 Å². The average molecular weight is 197 g/mol. The molecule has 1 atom stereocenters. The van der Waals surface area contributed by atoms with E-state index in [1.54, 1.807) is 7.05 Å². The summed E-state index contributed by atoms with van der Waals surface area (Å²) in [5.41, 5.74) is -0.245. The molecule has 0 saturated carbocycles. The molecule has 2 heterocycles. The second kappa shape index (κ2) is 3.87. The quantitative estimate of drug-likeness (QED) is 0.631. The maximum atomic E-state index is 11.9. The molecule has 1 amide bonds. The van der Waals surface area contributed by atoms with Crippen LogP contribution in [0.3, 0.4) is 0 Å². The lowest BCUT2D eigenvalue weighted by Crippen LogP contribution is -2.68. The lowest BCUT2D eigenvalue weighted by atomic mass is 9.85. The van der Waals surface area contributed by atoms with Crippen LogP contribution >= 0.6 is 0 Å². The number of piperidine rings is 1. The first-order chi connectivity index (χ1) is 6.79. The average Bonchev–Trinajstić information content (AvgIpc) is 2.15. The van der Waals surface area contributed by atoms with E-state index in [4.69, 9.17) is 0 Å². The Labute approximate surface area is 85.0 Å². The molecular formula is C10H19N3O. The van der Waals surface area contributed by atoms with Gasteiger partial charge in [-0.3, -0.25) is 9.69 Å². The van der Waals surface area contributed by atoms with Crippen LogP contribution in [0.25, 0.3) is 0 Å². The molecule has 2 saturated heterocycles. The molecule has 2 rings (SSSR count). The standard InChI is InChI=1S/C10H19N3O/c1-11-9(14)10(13-6-3-7-13)4-2-5-12-8-10/h12H,2-8H2,1H3,(H,11,14). The highest BCUT2D eigenvalue weighted by molar-refractivity contribution is 5.86. The van der Waals surface area contributed by atoms with E-state index in [2.05, 4.69) is 15.5 Å². The molecule has 80 valence electrons. The third kappa shape index (κ3) is 1.42. The molecule has 2 fully saturated rings. The van der Waals surface area contributed by atoms with Gasteiger partial charge in [-0.25, -0.2) is 0 Å². The molecule has 0 bridgehead atoms. The van der Waals surface area contributed by atoms with Crippen LogP contribution in [-0.2, 0) is 4.79 Å². The highest BCUT2D eigenvalue weighted by Gasteiger charge is 2.46. The predicted octanol–water partition coefficient (Wildman–Crippen LogP) is -0.440. The van der Waals surface area contributed by atoms with Gasteiger partial charge in [0.05, 0.1) is 0 Å². The lowest BCUT2D eigenvalue weighted by molar-refractivity contribution is -0.137. The van der Waals surface area contributed by atoms with Crippen molar-refractivity contribution in [3.8, 4) is 0 Å². The van der Waals surface area contributed by atoms with Gasteiger partial charge in [0.2, 0.25) is 5.91 Å². The molecule has 4 nitrogen and oxygen atoms in total. The fourth-order valence-corrected chi connectivity index (χ4v) is 2.47. The van der Waals surface area contributed by atoms with Crippen LogP contribution in [0.5, 0.6) is 0 Å². The molecule has 0 aliphatic carbocycles. The minimum absolute atomic E-state index is 0.185. The summed E-state index contributed by atoms with van der Waals surface area (Å²) in [7, 11) is 1.73. The first kappa shape index (κ1) is 9.93. The molecule has 0 spiro atoms. The summed E-state index contributed by atoms with van der Waals surface area (Å²) in [4.78, 5) is 14.2. The van der Waals surface area contributed by atoms with Crippen LogP contribution in [0.15, 0.2) is 0 Å². The highest BCUT2D eigenvalue weighted by Crippen LogP contribution is 2.28. The smallest absolute Gasteiger partial charge is 0.241 e. The van der Waals surface area contributed by atoms with Gasteiger partial charge in [-0.15, -0.1) is 0 Å². The van der Waals surface area contributed by atoms with Crippen molar-refractivity contribution in [3.63, 3.8) is 0 Å². The first-order valence-electron chi connectivity index (χ1n) is 5.47. The Balaban J connectivity index is 2.13. The Morgan fingerprint density at radius 3 is 2.64 bits per heavy atom. The molecule has 14 heavy (non-hydrogen) atoms. The van der Waals surface area contributed by atoms with Gasteiger partial charge in [-0.1, -0.05) is 0 Å². The zero-order valence-electron chi connectivity index (χ0n) is 8.81. The highest BCUT2D eigenvalue weighted by atomic mass is 16.2. The normalized spacial score (nSPS) is 33.5. The third-order valence-electron chi connectivity index (χ3n) is 3.47. The topological polar surface area (TPSA) is 44.4 Å². The van der Waals surface area contributed by atoms with Gasteiger partial charge in [-0.2, -0.15) is 0 Å². The van der Waals surface area contributed by atoms with Gasteiger partial charge in [-0.05, 0) is 25.8 Å². The molecule has 0 aromatic rings. The minimum atomic E-state index is -0.245. The molecule has 0 aromatic heterocycles. The van der Waals surface area contributed by atoms with Gasteiger partial charge in [0.15, 0.2) is 0 Å². The van der Waals surface area contributed by atoms with E-state index < -0.39 is 0 Å². The van der Waals surface area contributed by atoms with Gasteiger partial charge >= 0.3 is 0 Å². The number of likely N-dealkylation sites (N-methyl/N-ethyl adjacent to an activating group) is 1. The van der Waals surface area contributed by atoms with E-state index in [1.165, 1.54) is 6.42 Å². The van der Waals surface area contributed by atoms with Crippen LogP contribution in [0.2, 0.25) is 0 Å². The first-order valence-corrected chi connectivity index (χ1v) is 5.47. The molecule has 0 aromatic carbocycles. The molecule has 2 aliphatic heterocycles. The Morgan fingerprint density at radius 2 is 2.21 bits per heavy atom. The number of nitrogens with zero attached hydrogens (tertiary/aromatic N) is 1. The number of hydrogen-bond donors (Lipinski definition) is 2. The van der Waals surface area contributed by atoms with Gasteiger partial charge < -0.3 is 10.6 Å². The Kier molecular flexibility index (Phi) is 2.74.